The summed E-state index contributed by atoms with van der Waals surface area (Å²) < 4.78 is 0.255. The number of hydrogen-bond donors (Lipinski definition) is 2. The fourth-order valence-corrected chi connectivity index (χ4v) is 3.77. The van der Waals surface area contributed by atoms with Crippen molar-refractivity contribution in [2.75, 3.05) is 18.5 Å². The highest BCUT2D eigenvalue weighted by Gasteiger charge is 2.33. The number of nitrogens with one attached hydrogen (secondary N) is 1. The number of carbonyl (C=O) groups is 1. The Labute approximate surface area is 125 Å². The van der Waals surface area contributed by atoms with E-state index in [0.29, 0.717) is 5.69 Å². The van der Waals surface area contributed by atoms with Gasteiger partial charge in [0.15, 0.2) is 0 Å². The van der Waals surface area contributed by atoms with E-state index in [1.54, 1.807) is 0 Å². The fraction of sp³-hybridized carbons (Fsp3) is 0.562. The first-order valence-corrected chi connectivity index (χ1v) is 8.47. The average molecular weight is 292 g/mol. The standard InChI is InChI=1S/C16H24N2OS/c1-12(13-6-5-7-14(17)10-13)15(19)18-11-16(20-2)8-3-4-9-16/h5-7,10,12H,3-4,8-9,11,17H2,1-2H3,(H,18,19). The third kappa shape index (κ3) is 3.48. The van der Waals surface area contributed by atoms with Crippen molar-refractivity contribution in [3.63, 3.8) is 0 Å². The van der Waals surface area contributed by atoms with Crippen molar-refractivity contribution in [2.24, 2.45) is 0 Å². The van der Waals surface area contributed by atoms with E-state index in [9.17, 15) is 4.79 Å². The number of hydrogen-bond acceptors (Lipinski definition) is 3. The average Bonchev–Trinajstić information content (AvgIpc) is 2.93. The summed E-state index contributed by atoms with van der Waals surface area (Å²) in [6, 6.07) is 7.58. The maximum Gasteiger partial charge on any atom is 0.227 e. The molecule has 110 valence electrons. The molecule has 1 atom stereocenters. The van der Waals surface area contributed by atoms with E-state index in [0.717, 1.165) is 12.1 Å². The molecule has 0 radical (unpaired) electrons. The smallest absolute Gasteiger partial charge is 0.227 e. The van der Waals surface area contributed by atoms with Gasteiger partial charge in [-0.05, 0) is 43.7 Å². The normalized spacial score (nSPS) is 18.7. The molecule has 4 heteroatoms. The minimum absolute atomic E-state index is 0.0934. The van der Waals surface area contributed by atoms with Crippen LogP contribution < -0.4 is 11.1 Å². The van der Waals surface area contributed by atoms with E-state index in [4.69, 9.17) is 5.73 Å². The molecule has 0 aliphatic heterocycles. The van der Waals surface area contributed by atoms with Gasteiger partial charge in [-0.2, -0.15) is 11.8 Å². The van der Waals surface area contributed by atoms with E-state index in [1.165, 1.54) is 25.7 Å². The quantitative estimate of drug-likeness (QED) is 0.820. The second-order valence-corrected chi connectivity index (χ2v) is 6.98. The minimum Gasteiger partial charge on any atom is -0.399 e. The number of nitrogen functional groups attached to an aromatic ring is 1. The largest absolute Gasteiger partial charge is 0.399 e. The monoisotopic (exact) mass is 292 g/mol. The molecule has 0 bridgehead atoms. The number of rotatable bonds is 5. The van der Waals surface area contributed by atoms with Crippen LogP contribution >= 0.6 is 11.8 Å². The summed E-state index contributed by atoms with van der Waals surface area (Å²) in [4.78, 5) is 12.3. The van der Waals surface area contributed by atoms with Gasteiger partial charge in [-0.3, -0.25) is 4.79 Å². The number of benzene rings is 1. The summed E-state index contributed by atoms with van der Waals surface area (Å²) in [6.07, 6.45) is 7.13. The molecule has 20 heavy (non-hydrogen) atoms. The Kier molecular flexibility index (Phi) is 4.97. The zero-order valence-corrected chi connectivity index (χ0v) is 13.1. The second-order valence-electron chi connectivity index (χ2n) is 5.70. The van der Waals surface area contributed by atoms with E-state index in [1.807, 2.05) is 43.0 Å². The van der Waals surface area contributed by atoms with E-state index >= 15 is 0 Å². The van der Waals surface area contributed by atoms with Crippen molar-refractivity contribution >= 4 is 23.4 Å². The highest BCUT2D eigenvalue weighted by Crippen LogP contribution is 2.39. The molecular formula is C16H24N2OS. The van der Waals surface area contributed by atoms with E-state index in [2.05, 4.69) is 11.6 Å². The molecule has 0 saturated heterocycles. The Hall–Kier alpha value is -1.16. The van der Waals surface area contributed by atoms with E-state index < -0.39 is 0 Å². The summed E-state index contributed by atoms with van der Waals surface area (Å²) >= 11 is 1.90. The zero-order chi connectivity index (χ0) is 14.6. The molecule has 1 amide bonds. The number of anilines is 1. The van der Waals surface area contributed by atoms with Crippen LogP contribution in [0.3, 0.4) is 0 Å². The van der Waals surface area contributed by atoms with Crippen LogP contribution in [0.25, 0.3) is 0 Å². The molecular weight excluding hydrogens is 268 g/mol. The van der Waals surface area contributed by atoms with Crippen LogP contribution in [0.1, 0.15) is 44.1 Å². The Morgan fingerprint density at radius 3 is 2.75 bits per heavy atom. The van der Waals surface area contributed by atoms with Gasteiger partial charge in [-0.1, -0.05) is 25.0 Å². The summed E-state index contributed by atoms with van der Waals surface area (Å²) in [6.45, 7) is 2.71. The Morgan fingerprint density at radius 1 is 1.45 bits per heavy atom. The molecule has 1 saturated carbocycles. The molecule has 2 rings (SSSR count). The van der Waals surface area contributed by atoms with Crippen LogP contribution in [-0.2, 0) is 4.79 Å². The Bertz CT molecular complexity index is 469. The molecule has 1 unspecified atom stereocenters. The van der Waals surface area contributed by atoms with Gasteiger partial charge in [0.25, 0.3) is 0 Å². The highest BCUT2D eigenvalue weighted by molar-refractivity contribution is 8.00. The Balaban J connectivity index is 1.94. The van der Waals surface area contributed by atoms with Crippen LogP contribution in [0.15, 0.2) is 24.3 Å². The summed E-state index contributed by atoms with van der Waals surface area (Å²) in [5, 5.41) is 3.13. The van der Waals surface area contributed by atoms with Crippen molar-refractivity contribution in [3.05, 3.63) is 29.8 Å². The molecule has 1 aliphatic rings. The molecule has 1 aliphatic carbocycles. The third-order valence-corrected chi connectivity index (χ3v) is 5.76. The lowest BCUT2D eigenvalue weighted by Crippen LogP contribution is -2.40. The SMILES string of the molecule is CSC1(CNC(=O)C(C)c2cccc(N)c2)CCCC1. The lowest BCUT2D eigenvalue weighted by atomic mass is 9.99. The van der Waals surface area contributed by atoms with Crippen LogP contribution in [0.2, 0.25) is 0 Å². The van der Waals surface area contributed by atoms with Crippen LogP contribution in [0, 0.1) is 0 Å². The minimum atomic E-state index is -0.154. The molecule has 0 spiro atoms. The molecule has 1 aromatic rings. The van der Waals surface area contributed by atoms with Gasteiger partial charge < -0.3 is 11.1 Å². The zero-order valence-electron chi connectivity index (χ0n) is 12.3. The van der Waals surface area contributed by atoms with Gasteiger partial charge in [-0.25, -0.2) is 0 Å². The van der Waals surface area contributed by atoms with Gasteiger partial charge in [0, 0.05) is 17.0 Å². The summed E-state index contributed by atoms with van der Waals surface area (Å²) in [7, 11) is 0. The molecule has 0 heterocycles. The Morgan fingerprint density at radius 2 is 2.15 bits per heavy atom. The van der Waals surface area contributed by atoms with Gasteiger partial charge in [-0.15, -0.1) is 0 Å². The maximum atomic E-state index is 12.3. The number of nitrogens with two attached hydrogens (primary N) is 1. The van der Waals surface area contributed by atoms with Crippen LogP contribution in [0.4, 0.5) is 5.69 Å². The van der Waals surface area contributed by atoms with Crippen molar-refractivity contribution < 1.29 is 4.79 Å². The first kappa shape index (κ1) is 15.2. The van der Waals surface area contributed by atoms with Gasteiger partial charge >= 0.3 is 0 Å². The number of amides is 1. The molecule has 3 nitrogen and oxygen atoms in total. The summed E-state index contributed by atoms with van der Waals surface area (Å²) in [5.41, 5.74) is 7.46. The van der Waals surface area contributed by atoms with Crippen LogP contribution in [0.5, 0.6) is 0 Å². The van der Waals surface area contributed by atoms with Gasteiger partial charge in [0.2, 0.25) is 5.91 Å². The molecule has 1 aromatic carbocycles. The lowest BCUT2D eigenvalue weighted by molar-refractivity contribution is -0.122. The molecule has 0 aromatic heterocycles. The predicted octanol–water partition coefficient (Wildman–Crippen LogP) is 3.16. The highest BCUT2D eigenvalue weighted by atomic mass is 32.2. The third-order valence-electron chi connectivity index (χ3n) is 4.34. The predicted molar refractivity (Wildman–Crippen MR) is 87.0 cm³/mol. The lowest BCUT2D eigenvalue weighted by Gasteiger charge is -2.27. The second kappa shape index (κ2) is 6.53. The van der Waals surface area contributed by atoms with Gasteiger partial charge in [0.1, 0.15) is 0 Å². The maximum absolute atomic E-state index is 12.3. The molecule has 1 fully saturated rings. The van der Waals surface area contributed by atoms with Crippen molar-refractivity contribution in [3.8, 4) is 0 Å². The first-order valence-electron chi connectivity index (χ1n) is 7.25. The van der Waals surface area contributed by atoms with Gasteiger partial charge in [0.05, 0.1) is 5.92 Å². The van der Waals surface area contributed by atoms with Crippen molar-refractivity contribution in [1.82, 2.24) is 5.32 Å². The van der Waals surface area contributed by atoms with Crippen LogP contribution in [-0.4, -0.2) is 23.5 Å². The van der Waals surface area contributed by atoms with Crippen molar-refractivity contribution in [1.29, 1.82) is 0 Å². The first-order chi connectivity index (χ1) is 9.56. The number of carbonyl (C=O) groups excluding carboxylic acids is 1. The van der Waals surface area contributed by atoms with Crippen molar-refractivity contribution in [2.45, 2.75) is 43.3 Å². The fourth-order valence-electron chi connectivity index (χ4n) is 2.85. The topological polar surface area (TPSA) is 55.1 Å². The van der Waals surface area contributed by atoms with E-state index in [-0.39, 0.29) is 16.6 Å². The molecule has 3 N–H and O–H groups in total. The summed E-state index contributed by atoms with van der Waals surface area (Å²) in [5.74, 6) is -0.0604. The number of thioether (sulfide) groups is 1.